The lowest BCUT2D eigenvalue weighted by Gasteiger charge is -2.24. The number of rotatable bonds is 5. The number of oxazole rings is 1. The summed E-state index contributed by atoms with van der Waals surface area (Å²) in [6.45, 7) is 5.26. The molecule has 2 fully saturated rings. The second kappa shape index (κ2) is 8.00. The van der Waals surface area contributed by atoms with Crippen molar-refractivity contribution in [2.24, 2.45) is 16.8 Å². The van der Waals surface area contributed by atoms with Crippen LogP contribution in [-0.4, -0.2) is 57.6 Å². The normalized spacial score (nSPS) is 21.7. The zero-order valence-corrected chi connectivity index (χ0v) is 19.8. The summed E-state index contributed by atoms with van der Waals surface area (Å²) in [7, 11) is 0. The van der Waals surface area contributed by atoms with Gasteiger partial charge >= 0.3 is 0 Å². The van der Waals surface area contributed by atoms with Crippen molar-refractivity contribution in [3.05, 3.63) is 53.8 Å². The predicted molar refractivity (Wildman–Crippen MR) is 129 cm³/mol. The van der Waals surface area contributed by atoms with Crippen LogP contribution in [0.1, 0.15) is 38.7 Å². The van der Waals surface area contributed by atoms with Gasteiger partial charge in [-0.1, -0.05) is 12.1 Å². The maximum atomic E-state index is 15.4. The highest BCUT2D eigenvalue weighted by molar-refractivity contribution is 6.15. The molecule has 1 atom stereocenters. The fraction of sp³-hybridized carbons (Fsp3) is 0.407. The highest BCUT2D eigenvalue weighted by Crippen LogP contribution is 2.34. The molecule has 180 valence electrons. The van der Waals surface area contributed by atoms with Gasteiger partial charge in [0.15, 0.2) is 5.58 Å². The van der Waals surface area contributed by atoms with Gasteiger partial charge in [-0.2, -0.15) is 0 Å². The zero-order chi connectivity index (χ0) is 24.3. The van der Waals surface area contributed by atoms with Crippen molar-refractivity contribution in [1.82, 2.24) is 14.8 Å². The molecule has 0 spiro atoms. The first kappa shape index (κ1) is 21.9. The number of carbonyl (C=O) groups excluding carboxylic acids is 2. The lowest BCUT2D eigenvalue weighted by molar-refractivity contribution is -0.131. The van der Waals surface area contributed by atoms with Gasteiger partial charge in [-0.3, -0.25) is 19.5 Å². The predicted octanol–water partition coefficient (Wildman–Crippen LogP) is 4.26. The number of amidine groups is 1. The van der Waals surface area contributed by atoms with Crippen molar-refractivity contribution in [3.8, 4) is 11.5 Å². The average molecular weight is 475 g/mol. The molecule has 0 bridgehead atoms. The number of aliphatic imine (C=N–C) groups is 1. The number of benzene rings is 2. The summed E-state index contributed by atoms with van der Waals surface area (Å²) < 4.78 is 21.2. The van der Waals surface area contributed by atoms with Gasteiger partial charge in [0.1, 0.15) is 22.7 Å². The van der Waals surface area contributed by atoms with Crippen molar-refractivity contribution >= 4 is 28.7 Å². The van der Waals surface area contributed by atoms with Crippen molar-refractivity contribution in [2.45, 2.75) is 38.6 Å². The molecular formula is C27H27FN4O3. The van der Waals surface area contributed by atoms with Crippen LogP contribution in [0.25, 0.3) is 22.6 Å². The first-order valence-electron chi connectivity index (χ1n) is 12.2. The minimum absolute atomic E-state index is 0.142. The van der Waals surface area contributed by atoms with Crippen LogP contribution in [0, 0.1) is 17.7 Å². The molecule has 1 aliphatic carbocycles. The Labute approximate surface area is 202 Å². The van der Waals surface area contributed by atoms with Crippen LogP contribution in [0.4, 0.5) is 4.39 Å². The molecule has 2 aromatic carbocycles. The maximum absolute atomic E-state index is 15.4. The van der Waals surface area contributed by atoms with Gasteiger partial charge in [-0.15, -0.1) is 0 Å². The van der Waals surface area contributed by atoms with Gasteiger partial charge in [-0.25, -0.2) is 9.37 Å². The van der Waals surface area contributed by atoms with Gasteiger partial charge in [0.2, 0.25) is 11.8 Å². The van der Waals surface area contributed by atoms with Gasteiger partial charge in [0.05, 0.1) is 5.56 Å². The Kier molecular flexibility index (Phi) is 5.02. The van der Waals surface area contributed by atoms with Gasteiger partial charge in [0, 0.05) is 31.1 Å². The summed E-state index contributed by atoms with van der Waals surface area (Å²) in [6, 6.07) is 12.1. The van der Waals surface area contributed by atoms with E-state index in [4.69, 9.17) is 4.42 Å². The molecule has 3 aromatic rings. The third kappa shape index (κ3) is 3.90. The smallest absolute Gasteiger partial charge is 0.255 e. The quantitative estimate of drug-likeness (QED) is 0.554. The number of nitrogens with zero attached hydrogens (tertiary/aromatic N) is 4. The van der Waals surface area contributed by atoms with Crippen LogP contribution >= 0.6 is 0 Å². The van der Waals surface area contributed by atoms with Crippen molar-refractivity contribution in [1.29, 1.82) is 0 Å². The van der Waals surface area contributed by atoms with E-state index in [0.29, 0.717) is 48.0 Å². The lowest BCUT2D eigenvalue weighted by atomic mass is 10.0. The molecule has 1 saturated heterocycles. The van der Waals surface area contributed by atoms with Crippen LogP contribution < -0.4 is 0 Å². The molecule has 6 rings (SSSR count). The Hall–Kier alpha value is -3.55. The first-order chi connectivity index (χ1) is 16.8. The SMILES string of the molecule is CC1(C)N=C(c2ccc(-c3nc4ccccc4o3)cc2F)N(CC2CCN(C(=O)C3CC3)C2)C1=O. The summed E-state index contributed by atoms with van der Waals surface area (Å²) in [5.74, 6) is 0.598. The second-order valence-corrected chi connectivity index (χ2v) is 10.3. The molecule has 2 amide bonds. The topological polar surface area (TPSA) is 79.0 Å². The third-order valence-corrected chi connectivity index (χ3v) is 7.13. The second-order valence-electron chi connectivity index (χ2n) is 10.3. The number of fused-ring (bicyclic) bond motifs is 1. The molecular weight excluding hydrogens is 447 g/mol. The number of amides is 2. The van der Waals surface area contributed by atoms with E-state index in [9.17, 15) is 9.59 Å². The fourth-order valence-electron chi connectivity index (χ4n) is 5.03. The van der Waals surface area contributed by atoms with E-state index in [1.54, 1.807) is 30.9 Å². The maximum Gasteiger partial charge on any atom is 0.255 e. The number of likely N-dealkylation sites (tertiary alicyclic amines) is 1. The average Bonchev–Trinajstić information content (AvgIpc) is 3.35. The van der Waals surface area contributed by atoms with Crippen LogP contribution in [0.5, 0.6) is 0 Å². The highest BCUT2D eigenvalue weighted by atomic mass is 19.1. The minimum Gasteiger partial charge on any atom is -0.436 e. The van der Waals surface area contributed by atoms with Crippen LogP contribution in [0.3, 0.4) is 0 Å². The molecule has 0 N–H and O–H groups in total. The standard InChI is InChI=1S/C27H27FN4O3/c1-27(2)26(34)32(15-16-11-12-31(14-16)25(33)17-7-8-17)23(30-27)19-10-9-18(13-20(19)28)24-29-21-5-3-4-6-22(21)35-24/h3-6,9-10,13,16-17H,7-8,11-12,14-15H2,1-2H3. The Morgan fingerprint density at radius 1 is 1.17 bits per heavy atom. The van der Waals surface area contributed by atoms with Crippen molar-refractivity contribution in [2.75, 3.05) is 19.6 Å². The number of aromatic nitrogens is 1. The molecule has 7 nitrogen and oxygen atoms in total. The van der Waals surface area contributed by atoms with E-state index in [0.717, 1.165) is 19.3 Å². The Balaban J connectivity index is 1.26. The van der Waals surface area contributed by atoms with E-state index < -0.39 is 11.4 Å². The third-order valence-electron chi connectivity index (χ3n) is 7.13. The summed E-state index contributed by atoms with van der Waals surface area (Å²) in [4.78, 5) is 38.3. The molecule has 3 aliphatic rings. The van der Waals surface area contributed by atoms with Crippen LogP contribution in [-0.2, 0) is 9.59 Å². The Morgan fingerprint density at radius 2 is 1.97 bits per heavy atom. The van der Waals surface area contributed by atoms with Gasteiger partial charge in [0.25, 0.3) is 5.91 Å². The molecule has 0 radical (unpaired) electrons. The Morgan fingerprint density at radius 3 is 2.71 bits per heavy atom. The number of para-hydroxylation sites is 2. The molecule has 3 heterocycles. The lowest BCUT2D eigenvalue weighted by Crippen LogP contribution is -2.43. The van der Waals surface area contributed by atoms with E-state index in [1.165, 1.54) is 6.07 Å². The van der Waals surface area contributed by atoms with E-state index in [1.807, 2.05) is 29.2 Å². The molecule has 2 aliphatic heterocycles. The molecule has 35 heavy (non-hydrogen) atoms. The molecule has 8 heteroatoms. The molecule has 1 unspecified atom stereocenters. The molecule has 1 saturated carbocycles. The minimum atomic E-state index is -0.969. The molecule has 1 aromatic heterocycles. The number of hydrogen-bond acceptors (Lipinski definition) is 5. The summed E-state index contributed by atoms with van der Waals surface area (Å²) in [6.07, 6.45) is 2.79. The number of carbonyl (C=O) groups is 2. The van der Waals surface area contributed by atoms with Gasteiger partial charge in [-0.05, 0) is 69.4 Å². The summed E-state index contributed by atoms with van der Waals surface area (Å²) in [5, 5.41) is 0. The van der Waals surface area contributed by atoms with E-state index >= 15 is 4.39 Å². The number of halogens is 1. The van der Waals surface area contributed by atoms with E-state index in [-0.39, 0.29) is 29.2 Å². The largest absolute Gasteiger partial charge is 0.436 e. The fourth-order valence-corrected chi connectivity index (χ4v) is 5.03. The van der Waals surface area contributed by atoms with Crippen molar-refractivity contribution in [3.63, 3.8) is 0 Å². The first-order valence-corrected chi connectivity index (χ1v) is 12.2. The van der Waals surface area contributed by atoms with E-state index in [2.05, 4.69) is 9.98 Å². The van der Waals surface area contributed by atoms with Gasteiger partial charge < -0.3 is 9.32 Å². The van der Waals surface area contributed by atoms with Crippen LogP contribution in [0.15, 0.2) is 51.9 Å². The monoisotopic (exact) mass is 474 g/mol. The zero-order valence-electron chi connectivity index (χ0n) is 19.8. The van der Waals surface area contributed by atoms with Crippen molar-refractivity contribution < 1.29 is 18.4 Å². The summed E-state index contributed by atoms with van der Waals surface area (Å²) >= 11 is 0. The summed E-state index contributed by atoms with van der Waals surface area (Å²) in [5.41, 5.74) is 1.16. The van der Waals surface area contributed by atoms with Crippen LogP contribution in [0.2, 0.25) is 0 Å². The number of hydrogen-bond donors (Lipinski definition) is 0. The Bertz CT molecular complexity index is 1340. The highest BCUT2D eigenvalue weighted by Gasteiger charge is 2.44.